The van der Waals surface area contributed by atoms with Crippen molar-refractivity contribution in [3.05, 3.63) is 72.6 Å². The van der Waals surface area contributed by atoms with E-state index in [1.54, 1.807) is 36.7 Å². The molecule has 128 valence electrons. The topological polar surface area (TPSA) is 92.1 Å². The summed E-state index contributed by atoms with van der Waals surface area (Å²) in [5, 5.41) is 23.5. The number of hydrogen-bond donors (Lipinski definition) is 3. The standard InChI is InChI=1S/C18H19N5O2/c24-17(12-14-4-2-1-3-5-14)13-19-18(25)22-15-6-8-16(9-7-15)23-20-10-11-21-23/h1-11,17,24H,12-13H2,(H2,19,22,25). The van der Waals surface area contributed by atoms with E-state index in [0.29, 0.717) is 12.1 Å². The lowest BCUT2D eigenvalue weighted by Crippen LogP contribution is -2.36. The lowest BCUT2D eigenvalue weighted by molar-refractivity contribution is 0.172. The van der Waals surface area contributed by atoms with Crippen LogP contribution in [0.1, 0.15) is 5.56 Å². The van der Waals surface area contributed by atoms with Gasteiger partial charge in [-0.2, -0.15) is 15.0 Å². The predicted molar refractivity (Wildman–Crippen MR) is 94.5 cm³/mol. The van der Waals surface area contributed by atoms with Gasteiger partial charge in [-0.1, -0.05) is 30.3 Å². The highest BCUT2D eigenvalue weighted by atomic mass is 16.3. The van der Waals surface area contributed by atoms with E-state index in [-0.39, 0.29) is 12.6 Å². The predicted octanol–water partition coefficient (Wildman–Crippen LogP) is 1.99. The number of aromatic nitrogens is 3. The summed E-state index contributed by atoms with van der Waals surface area (Å²) in [5.74, 6) is 0. The fourth-order valence-electron chi connectivity index (χ4n) is 2.37. The Kier molecular flexibility index (Phi) is 5.38. The van der Waals surface area contributed by atoms with Gasteiger partial charge in [-0.3, -0.25) is 0 Å². The lowest BCUT2D eigenvalue weighted by Gasteiger charge is -2.13. The number of carbonyl (C=O) groups excluding carboxylic acids is 1. The summed E-state index contributed by atoms with van der Waals surface area (Å²) < 4.78 is 0. The second kappa shape index (κ2) is 8.07. The van der Waals surface area contributed by atoms with Gasteiger partial charge in [0, 0.05) is 18.7 Å². The summed E-state index contributed by atoms with van der Waals surface area (Å²) >= 11 is 0. The minimum atomic E-state index is -0.638. The largest absolute Gasteiger partial charge is 0.391 e. The molecule has 1 heterocycles. The average molecular weight is 337 g/mol. The van der Waals surface area contributed by atoms with Crippen molar-refractivity contribution in [2.75, 3.05) is 11.9 Å². The quantitative estimate of drug-likeness (QED) is 0.641. The van der Waals surface area contributed by atoms with E-state index in [1.165, 1.54) is 4.80 Å². The van der Waals surface area contributed by atoms with Gasteiger partial charge >= 0.3 is 6.03 Å². The summed E-state index contributed by atoms with van der Waals surface area (Å²) in [5.41, 5.74) is 2.47. The maximum absolute atomic E-state index is 11.9. The van der Waals surface area contributed by atoms with Crippen LogP contribution in [-0.4, -0.2) is 38.8 Å². The monoisotopic (exact) mass is 337 g/mol. The summed E-state index contributed by atoms with van der Waals surface area (Å²) in [4.78, 5) is 13.4. The van der Waals surface area contributed by atoms with Crippen molar-refractivity contribution in [1.82, 2.24) is 20.3 Å². The van der Waals surface area contributed by atoms with Crippen LogP contribution in [0.5, 0.6) is 0 Å². The molecule has 7 nitrogen and oxygen atoms in total. The van der Waals surface area contributed by atoms with Gasteiger partial charge in [-0.05, 0) is 29.8 Å². The van der Waals surface area contributed by atoms with Crippen molar-refractivity contribution in [1.29, 1.82) is 0 Å². The van der Waals surface area contributed by atoms with E-state index in [9.17, 15) is 9.90 Å². The zero-order valence-electron chi connectivity index (χ0n) is 13.5. The van der Waals surface area contributed by atoms with Crippen LogP contribution in [0.25, 0.3) is 5.69 Å². The zero-order chi connectivity index (χ0) is 17.5. The molecule has 3 aromatic rings. The molecule has 1 aromatic heterocycles. The van der Waals surface area contributed by atoms with Crippen LogP contribution in [0, 0.1) is 0 Å². The van der Waals surface area contributed by atoms with Crippen LogP contribution < -0.4 is 10.6 Å². The second-order valence-electron chi connectivity index (χ2n) is 5.54. The molecule has 1 atom stereocenters. The number of nitrogens with zero attached hydrogens (tertiary/aromatic N) is 3. The molecular weight excluding hydrogens is 318 g/mol. The molecule has 3 N–H and O–H groups in total. The maximum atomic E-state index is 11.9. The van der Waals surface area contributed by atoms with Crippen molar-refractivity contribution in [2.24, 2.45) is 0 Å². The van der Waals surface area contributed by atoms with E-state index < -0.39 is 6.10 Å². The first kappa shape index (κ1) is 16.7. The first-order valence-corrected chi connectivity index (χ1v) is 7.94. The van der Waals surface area contributed by atoms with Gasteiger partial charge < -0.3 is 15.7 Å². The Morgan fingerprint density at radius 3 is 2.40 bits per heavy atom. The molecule has 7 heteroatoms. The van der Waals surface area contributed by atoms with Crippen molar-refractivity contribution >= 4 is 11.7 Å². The smallest absolute Gasteiger partial charge is 0.319 e. The van der Waals surface area contributed by atoms with E-state index in [0.717, 1.165) is 11.3 Å². The Balaban J connectivity index is 1.46. The van der Waals surface area contributed by atoms with Gasteiger partial charge in [0.05, 0.1) is 24.2 Å². The highest BCUT2D eigenvalue weighted by molar-refractivity contribution is 5.89. The zero-order valence-corrected chi connectivity index (χ0v) is 13.5. The molecule has 0 fully saturated rings. The third-order valence-corrected chi connectivity index (χ3v) is 3.59. The van der Waals surface area contributed by atoms with Crippen LogP contribution in [0.4, 0.5) is 10.5 Å². The minimum Gasteiger partial charge on any atom is -0.391 e. The molecule has 0 saturated carbocycles. The van der Waals surface area contributed by atoms with Crippen LogP contribution in [0.15, 0.2) is 67.0 Å². The van der Waals surface area contributed by atoms with Gasteiger partial charge in [0.2, 0.25) is 0 Å². The maximum Gasteiger partial charge on any atom is 0.319 e. The highest BCUT2D eigenvalue weighted by Gasteiger charge is 2.08. The van der Waals surface area contributed by atoms with Crippen molar-refractivity contribution in [2.45, 2.75) is 12.5 Å². The second-order valence-corrected chi connectivity index (χ2v) is 5.54. The molecule has 0 spiro atoms. The molecule has 0 aliphatic heterocycles. The normalized spacial score (nSPS) is 11.7. The van der Waals surface area contributed by atoms with Gasteiger partial charge in [0.15, 0.2) is 0 Å². The molecule has 0 bridgehead atoms. The first-order valence-electron chi connectivity index (χ1n) is 7.94. The lowest BCUT2D eigenvalue weighted by atomic mass is 10.1. The fraction of sp³-hybridized carbons (Fsp3) is 0.167. The molecule has 1 unspecified atom stereocenters. The van der Waals surface area contributed by atoms with Crippen LogP contribution in [0.2, 0.25) is 0 Å². The third kappa shape index (κ3) is 4.89. The SMILES string of the molecule is O=C(NCC(O)Cc1ccccc1)Nc1ccc(-n2nccn2)cc1. The molecule has 0 aliphatic carbocycles. The molecule has 2 aromatic carbocycles. The van der Waals surface area contributed by atoms with E-state index in [1.807, 2.05) is 30.3 Å². The summed E-state index contributed by atoms with van der Waals surface area (Å²) in [6, 6.07) is 16.4. The average Bonchev–Trinajstić information content (AvgIpc) is 3.16. The first-order chi connectivity index (χ1) is 12.2. The van der Waals surface area contributed by atoms with Gasteiger partial charge in [0.1, 0.15) is 0 Å². The number of carbonyl (C=O) groups is 1. The Morgan fingerprint density at radius 1 is 1.04 bits per heavy atom. The highest BCUT2D eigenvalue weighted by Crippen LogP contribution is 2.11. The van der Waals surface area contributed by atoms with E-state index >= 15 is 0 Å². The number of benzene rings is 2. The van der Waals surface area contributed by atoms with Crippen molar-refractivity contribution in [3.8, 4) is 5.69 Å². The molecule has 0 radical (unpaired) electrons. The van der Waals surface area contributed by atoms with Gasteiger partial charge in [-0.15, -0.1) is 0 Å². The van der Waals surface area contributed by atoms with E-state index in [4.69, 9.17) is 0 Å². The summed E-state index contributed by atoms with van der Waals surface area (Å²) in [6.45, 7) is 0.177. The Labute approximate surface area is 145 Å². The van der Waals surface area contributed by atoms with Crippen molar-refractivity contribution < 1.29 is 9.90 Å². The number of aliphatic hydroxyl groups excluding tert-OH is 1. The number of amides is 2. The number of urea groups is 1. The summed E-state index contributed by atoms with van der Waals surface area (Å²) in [7, 11) is 0. The number of nitrogens with one attached hydrogen (secondary N) is 2. The molecule has 0 aliphatic rings. The number of anilines is 1. The Bertz CT molecular complexity index is 788. The number of aliphatic hydroxyl groups is 1. The molecule has 25 heavy (non-hydrogen) atoms. The van der Waals surface area contributed by atoms with Gasteiger partial charge in [0.25, 0.3) is 0 Å². The molecule has 2 amide bonds. The molecule has 0 saturated heterocycles. The minimum absolute atomic E-state index is 0.177. The Hall–Kier alpha value is -3.19. The van der Waals surface area contributed by atoms with Gasteiger partial charge in [-0.25, -0.2) is 4.79 Å². The summed E-state index contributed by atoms with van der Waals surface area (Å²) in [6.07, 6.45) is 3.05. The van der Waals surface area contributed by atoms with Crippen LogP contribution in [-0.2, 0) is 6.42 Å². The fourth-order valence-corrected chi connectivity index (χ4v) is 2.37. The third-order valence-electron chi connectivity index (χ3n) is 3.59. The van der Waals surface area contributed by atoms with E-state index in [2.05, 4.69) is 20.8 Å². The van der Waals surface area contributed by atoms with Crippen LogP contribution in [0.3, 0.4) is 0 Å². The van der Waals surface area contributed by atoms with Crippen LogP contribution >= 0.6 is 0 Å². The number of hydrogen-bond acceptors (Lipinski definition) is 4. The number of rotatable bonds is 6. The Morgan fingerprint density at radius 2 is 1.72 bits per heavy atom. The molecular formula is C18H19N5O2. The van der Waals surface area contributed by atoms with Crippen molar-refractivity contribution in [3.63, 3.8) is 0 Å². The molecule has 3 rings (SSSR count).